The van der Waals surface area contributed by atoms with E-state index in [0.29, 0.717) is 6.54 Å². The van der Waals surface area contributed by atoms with Crippen molar-refractivity contribution < 1.29 is 9.90 Å². The van der Waals surface area contributed by atoms with Crippen LogP contribution in [0.25, 0.3) is 10.9 Å². The fourth-order valence-electron chi connectivity index (χ4n) is 1.55. The van der Waals surface area contributed by atoms with Gasteiger partial charge in [-0.2, -0.15) is 0 Å². The van der Waals surface area contributed by atoms with Crippen LogP contribution in [0.2, 0.25) is 0 Å². The average molecular weight is 199 g/mol. The quantitative estimate of drug-likeness (QED) is 0.751. The van der Waals surface area contributed by atoms with Crippen LogP contribution >= 0.6 is 0 Å². The molecule has 2 aromatic rings. The van der Waals surface area contributed by atoms with Gasteiger partial charge in [-0.15, -0.1) is 6.42 Å². The highest BCUT2D eigenvalue weighted by molar-refractivity contribution is 5.93. The zero-order valence-corrected chi connectivity index (χ0v) is 7.97. The number of fused-ring (bicyclic) bond motifs is 1. The van der Waals surface area contributed by atoms with E-state index in [0.717, 1.165) is 10.9 Å². The first-order valence-electron chi connectivity index (χ1n) is 4.48. The van der Waals surface area contributed by atoms with Crippen molar-refractivity contribution in [1.29, 1.82) is 0 Å². The topological polar surface area (TPSA) is 42.2 Å². The normalized spacial score (nSPS) is 10.1. The van der Waals surface area contributed by atoms with Crippen LogP contribution in [0.5, 0.6) is 0 Å². The molecule has 0 radical (unpaired) electrons. The first-order valence-corrected chi connectivity index (χ1v) is 4.48. The molecule has 1 aromatic heterocycles. The average Bonchev–Trinajstić information content (AvgIpc) is 2.61. The number of aromatic carboxylic acids is 1. The molecule has 3 nitrogen and oxygen atoms in total. The maximum atomic E-state index is 10.8. The Labute approximate surface area is 86.9 Å². The van der Waals surface area contributed by atoms with Crippen LogP contribution in [0.4, 0.5) is 0 Å². The van der Waals surface area contributed by atoms with Gasteiger partial charge in [0.1, 0.15) is 0 Å². The minimum absolute atomic E-state index is 0.277. The Bertz CT molecular complexity index is 560. The Kier molecular flexibility index (Phi) is 2.18. The molecule has 0 fully saturated rings. The molecule has 0 aliphatic rings. The van der Waals surface area contributed by atoms with E-state index in [9.17, 15) is 4.79 Å². The van der Waals surface area contributed by atoms with Crippen molar-refractivity contribution in [3.63, 3.8) is 0 Å². The number of hydrogen-bond acceptors (Lipinski definition) is 1. The van der Waals surface area contributed by atoms with Gasteiger partial charge in [-0.25, -0.2) is 4.79 Å². The summed E-state index contributed by atoms with van der Waals surface area (Å²) in [6.07, 6.45) is 7.08. The summed E-state index contributed by atoms with van der Waals surface area (Å²) in [7, 11) is 0. The third-order valence-electron chi connectivity index (χ3n) is 2.28. The van der Waals surface area contributed by atoms with Crippen LogP contribution in [0, 0.1) is 12.3 Å². The lowest BCUT2D eigenvalue weighted by atomic mass is 10.2. The first-order chi connectivity index (χ1) is 7.22. The van der Waals surface area contributed by atoms with Gasteiger partial charge in [0, 0.05) is 11.7 Å². The largest absolute Gasteiger partial charge is 0.478 e. The maximum absolute atomic E-state index is 10.8. The monoisotopic (exact) mass is 199 g/mol. The second kappa shape index (κ2) is 3.50. The van der Waals surface area contributed by atoms with Gasteiger partial charge < -0.3 is 9.67 Å². The van der Waals surface area contributed by atoms with Gasteiger partial charge in [-0.1, -0.05) is 12.0 Å². The van der Waals surface area contributed by atoms with E-state index < -0.39 is 5.97 Å². The lowest BCUT2D eigenvalue weighted by Crippen LogP contribution is -1.97. The Balaban J connectivity index is 2.62. The summed E-state index contributed by atoms with van der Waals surface area (Å²) in [4.78, 5) is 10.8. The fraction of sp³-hybridized carbons (Fsp3) is 0.0833. The van der Waals surface area contributed by atoms with E-state index in [1.807, 2.05) is 16.8 Å². The summed E-state index contributed by atoms with van der Waals surface area (Å²) in [6.45, 7) is 0.451. The molecule has 1 heterocycles. The zero-order valence-electron chi connectivity index (χ0n) is 7.97. The van der Waals surface area contributed by atoms with E-state index in [-0.39, 0.29) is 5.56 Å². The van der Waals surface area contributed by atoms with Crippen LogP contribution < -0.4 is 0 Å². The molecule has 2 rings (SSSR count). The summed E-state index contributed by atoms with van der Waals surface area (Å²) >= 11 is 0. The van der Waals surface area contributed by atoms with Crippen LogP contribution in [-0.4, -0.2) is 15.6 Å². The molecule has 0 unspecified atom stereocenters. The molecule has 0 atom stereocenters. The SMILES string of the molecule is C#CCn1ccc2ccc(C(=O)O)cc21. The maximum Gasteiger partial charge on any atom is 0.335 e. The molecule has 74 valence electrons. The fourth-order valence-corrected chi connectivity index (χ4v) is 1.55. The smallest absolute Gasteiger partial charge is 0.335 e. The molecule has 0 bridgehead atoms. The number of aromatic nitrogens is 1. The molecule has 0 saturated carbocycles. The van der Waals surface area contributed by atoms with Gasteiger partial charge in [-0.3, -0.25) is 0 Å². The van der Waals surface area contributed by atoms with Gasteiger partial charge in [0.25, 0.3) is 0 Å². The number of carbonyl (C=O) groups is 1. The number of benzene rings is 1. The Hall–Kier alpha value is -2.21. The van der Waals surface area contributed by atoms with Crippen molar-refractivity contribution >= 4 is 16.9 Å². The van der Waals surface area contributed by atoms with E-state index in [4.69, 9.17) is 11.5 Å². The molecule has 15 heavy (non-hydrogen) atoms. The first kappa shape index (κ1) is 9.35. The Morgan fingerprint density at radius 3 is 2.93 bits per heavy atom. The van der Waals surface area contributed by atoms with Gasteiger partial charge >= 0.3 is 5.97 Å². The molecule has 1 N–H and O–H groups in total. The lowest BCUT2D eigenvalue weighted by molar-refractivity contribution is 0.0697. The molecule has 3 heteroatoms. The molecule has 0 amide bonds. The molecular weight excluding hydrogens is 190 g/mol. The summed E-state index contributed by atoms with van der Waals surface area (Å²) in [6, 6.07) is 6.92. The van der Waals surface area contributed by atoms with Crippen molar-refractivity contribution in [2.45, 2.75) is 6.54 Å². The molecule has 0 aliphatic carbocycles. The van der Waals surface area contributed by atoms with Crippen molar-refractivity contribution in [1.82, 2.24) is 4.57 Å². The Morgan fingerprint density at radius 1 is 1.47 bits per heavy atom. The van der Waals surface area contributed by atoms with E-state index in [1.165, 1.54) is 0 Å². The number of terminal acetylenes is 1. The summed E-state index contributed by atoms with van der Waals surface area (Å²) in [5.74, 6) is 1.60. The van der Waals surface area contributed by atoms with Crippen molar-refractivity contribution in [3.8, 4) is 12.3 Å². The number of nitrogens with zero attached hydrogens (tertiary/aromatic N) is 1. The summed E-state index contributed by atoms with van der Waals surface area (Å²) in [5, 5.41) is 9.85. The molecular formula is C12H9NO2. The van der Waals surface area contributed by atoms with Crippen LogP contribution in [0.1, 0.15) is 10.4 Å². The highest BCUT2D eigenvalue weighted by Crippen LogP contribution is 2.17. The summed E-state index contributed by atoms with van der Waals surface area (Å²) < 4.78 is 1.85. The standard InChI is InChI=1S/C12H9NO2/c1-2-6-13-7-5-9-3-4-10(12(14)15)8-11(9)13/h1,3-5,7-8H,6H2,(H,14,15). The van der Waals surface area contributed by atoms with Crippen LogP contribution in [0.3, 0.4) is 0 Å². The van der Waals surface area contributed by atoms with Gasteiger partial charge in [0.05, 0.1) is 12.1 Å². The van der Waals surface area contributed by atoms with E-state index >= 15 is 0 Å². The van der Waals surface area contributed by atoms with Crippen molar-refractivity contribution in [2.75, 3.05) is 0 Å². The summed E-state index contributed by atoms with van der Waals surface area (Å²) in [5.41, 5.74) is 1.13. The second-order valence-electron chi connectivity index (χ2n) is 3.23. The lowest BCUT2D eigenvalue weighted by Gasteiger charge is -2.00. The number of hydrogen-bond donors (Lipinski definition) is 1. The van der Waals surface area contributed by atoms with Crippen molar-refractivity contribution in [3.05, 3.63) is 36.0 Å². The highest BCUT2D eigenvalue weighted by atomic mass is 16.4. The van der Waals surface area contributed by atoms with Gasteiger partial charge in [0.15, 0.2) is 0 Å². The predicted molar refractivity (Wildman–Crippen MR) is 57.7 cm³/mol. The molecule has 0 saturated heterocycles. The zero-order chi connectivity index (χ0) is 10.8. The Morgan fingerprint density at radius 2 is 2.27 bits per heavy atom. The van der Waals surface area contributed by atoms with E-state index in [1.54, 1.807) is 18.2 Å². The number of carboxylic acid groups (broad SMARTS) is 1. The minimum Gasteiger partial charge on any atom is -0.478 e. The van der Waals surface area contributed by atoms with Gasteiger partial charge in [0.2, 0.25) is 0 Å². The molecule has 0 aliphatic heterocycles. The highest BCUT2D eigenvalue weighted by Gasteiger charge is 2.05. The van der Waals surface area contributed by atoms with E-state index in [2.05, 4.69) is 5.92 Å². The van der Waals surface area contributed by atoms with Crippen molar-refractivity contribution in [2.24, 2.45) is 0 Å². The minimum atomic E-state index is -0.926. The number of carboxylic acids is 1. The predicted octanol–water partition coefficient (Wildman–Crippen LogP) is 1.97. The molecule has 0 spiro atoms. The van der Waals surface area contributed by atoms with Crippen LogP contribution in [0.15, 0.2) is 30.5 Å². The number of rotatable bonds is 2. The third-order valence-corrected chi connectivity index (χ3v) is 2.28. The second-order valence-corrected chi connectivity index (χ2v) is 3.23. The van der Waals surface area contributed by atoms with Gasteiger partial charge in [-0.05, 0) is 23.6 Å². The molecule has 1 aromatic carbocycles. The van der Waals surface area contributed by atoms with Crippen LogP contribution in [-0.2, 0) is 6.54 Å². The third kappa shape index (κ3) is 1.57.